The van der Waals surface area contributed by atoms with Crippen LogP contribution in [0.5, 0.6) is 0 Å². The Morgan fingerprint density at radius 3 is 2.65 bits per heavy atom. The molecule has 2 aromatic rings. The maximum atomic E-state index is 4.28. The molecule has 1 aromatic carbocycles. The second kappa shape index (κ2) is 7.86. The van der Waals surface area contributed by atoms with E-state index in [0.717, 1.165) is 46.0 Å². The molecule has 1 N–H and O–H groups in total. The highest BCUT2D eigenvalue weighted by Crippen LogP contribution is 2.25. The molecule has 2 rings (SSSR count). The van der Waals surface area contributed by atoms with Crippen LogP contribution in [0.25, 0.3) is 10.6 Å². The van der Waals surface area contributed by atoms with E-state index in [2.05, 4.69) is 57.4 Å². The predicted octanol–water partition coefficient (Wildman–Crippen LogP) is 4.15. The first kappa shape index (κ1) is 15.6. The van der Waals surface area contributed by atoms with Gasteiger partial charge in [0.15, 0.2) is 0 Å². The highest BCUT2D eigenvalue weighted by molar-refractivity contribution is 9.10. The third kappa shape index (κ3) is 4.96. The number of nitrogens with zero attached hydrogens (tertiary/aromatic N) is 2. The Kier molecular flexibility index (Phi) is 6.13. The first-order valence-electron chi connectivity index (χ1n) is 6.94. The Morgan fingerprint density at radius 2 is 1.95 bits per heavy atom. The van der Waals surface area contributed by atoms with Crippen molar-refractivity contribution in [1.29, 1.82) is 0 Å². The predicted molar refractivity (Wildman–Crippen MR) is 89.1 cm³/mol. The first-order valence-corrected chi connectivity index (χ1v) is 8.55. The minimum absolute atomic E-state index is 0.709. The molecule has 0 saturated heterocycles. The lowest BCUT2D eigenvalue weighted by Crippen LogP contribution is -2.21. The lowest BCUT2D eigenvalue weighted by Gasteiger charge is -2.05. The topological polar surface area (TPSA) is 37.8 Å². The third-order valence-corrected chi connectivity index (χ3v) is 4.42. The molecule has 0 bridgehead atoms. The molecule has 1 aromatic heterocycles. The van der Waals surface area contributed by atoms with Crippen molar-refractivity contribution >= 4 is 27.3 Å². The van der Waals surface area contributed by atoms with Crippen LogP contribution in [0.15, 0.2) is 28.7 Å². The second-order valence-corrected chi connectivity index (χ2v) is 7.19. The van der Waals surface area contributed by atoms with Gasteiger partial charge in [-0.25, -0.2) is 0 Å². The Balaban J connectivity index is 1.82. The number of nitrogens with one attached hydrogen (secondary N) is 1. The molecule has 3 nitrogen and oxygen atoms in total. The van der Waals surface area contributed by atoms with Crippen molar-refractivity contribution in [2.45, 2.75) is 26.7 Å². The zero-order valence-corrected chi connectivity index (χ0v) is 14.3. The molecule has 0 aliphatic rings. The third-order valence-electron chi connectivity index (χ3n) is 2.85. The molecular formula is C15H20BrN3S. The van der Waals surface area contributed by atoms with Gasteiger partial charge in [0.05, 0.1) is 0 Å². The molecule has 108 valence electrons. The van der Waals surface area contributed by atoms with Gasteiger partial charge in [-0.15, -0.1) is 10.2 Å². The van der Waals surface area contributed by atoms with Crippen molar-refractivity contribution in [3.63, 3.8) is 0 Å². The van der Waals surface area contributed by atoms with E-state index < -0.39 is 0 Å². The summed E-state index contributed by atoms with van der Waals surface area (Å²) in [6, 6.07) is 8.20. The van der Waals surface area contributed by atoms with E-state index in [1.165, 1.54) is 0 Å². The SMILES string of the molecule is CC(C)CNCCCc1nnc(-c2ccc(Br)cc2)s1. The first-order chi connectivity index (χ1) is 9.65. The van der Waals surface area contributed by atoms with Crippen LogP contribution in [0, 0.1) is 5.92 Å². The van der Waals surface area contributed by atoms with Crippen LogP contribution in [-0.2, 0) is 6.42 Å². The highest BCUT2D eigenvalue weighted by atomic mass is 79.9. The van der Waals surface area contributed by atoms with E-state index in [1.807, 2.05) is 12.1 Å². The summed E-state index contributed by atoms with van der Waals surface area (Å²) in [5.74, 6) is 0.709. The zero-order chi connectivity index (χ0) is 14.4. The maximum Gasteiger partial charge on any atom is 0.147 e. The van der Waals surface area contributed by atoms with Crippen molar-refractivity contribution in [1.82, 2.24) is 15.5 Å². The summed E-state index contributed by atoms with van der Waals surface area (Å²) < 4.78 is 1.09. The number of aryl methyl sites for hydroxylation is 1. The van der Waals surface area contributed by atoms with E-state index in [1.54, 1.807) is 11.3 Å². The lowest BCUT2D eigenvalue weighted by atomic mass is 10.2. The van der Waals surface area contributed by atoms with E-state index in [9.17, 15) is 0 Å². The van der Waals surface area contributed by atoms with Gasteiger partial charge < -0.3 is 5.32 Å². The number of aromatic nitrogens is 2. The normalized spacial score (nSPS) is 11.2. The monoisotopic (exact) mass is 353 g/mol. The number of halogens is 1. The molecule has 20 heavy (non-hydrogen) atoms. The number of benzene rings is 1. The van der Waals surface area contributed by atoms with Crippen molar-refractivity contribution in [2.24, 2.45) is 5.92 Å². The molecule has 0 atom stereocenters. The molecule has 0 spiro atoms. The van der Waals surface area contributed by atoms with Gasteiger partial charge in [-0.05, 0) is 37.6 Å². The minimum Gasteiger partial charge on any atom is -0.316 e. The molecular weight excluding hydrogens is 334 g/mol. The van der Waals surface area contributed by atoms with Gasteiger partial charge in [-0.3, -0.25) is 0 Å². The van der Waals surface area contributed by atoms with Crippen LogP contribution in [0.4, 0.5) is 0 Å². The Labute approximate surface area is 133 Å². The Hall–Kier alpha value is -0.780. The molecule has 0 fully saturated rings. The van der Waals surface area contributed by atoms with Crippen LogP contribution in [-0.4, -0.2) is 23.3 Å². The van der Waals surface area contributed by atoms with Gasteiger partial charge in [-0.2, -0.15) is 0 Å². The van der Waals surface area contributed by atoms with Crippen molar-refractivity contribution in [3.05, 3.63) is 33.7 Å². The molecule has 0 radical (unpaired) electrons. The molecule has 0 aliphatic heterocycles. The van der Waals surface area contributed by atoms with Crippen LogP contribution >= 0.6 is 27.3 Å². The summed E-state index contributed by atoms with van der Waals surface area (Å²) in [4.78, 5) is 0. The highest BCUT2D eigenvalue weighted by Gasteiger charge is 2.06. The average molecular weight is 354 g/mol. The van der Waals surface area contributed by atoms with Crippen molar-refractivity contribution in [2.75, 3.05) is 13.1 Å². The number of rotatable bonds is 7. The molecule has 0 aliphatic carbocycles. The van der Waals surface area contributed by atoms with E-state index in [4.69, 9.17) is 0 Å². The fourth-order valence-electron chi connectivity index (χ4n) is 1.82. The lowest BCUT2D eigenvalue weighted by molar-refractivity contribution is 0.542. The molecule has 0 saturated carbocycles. The molecule has 1 heterocycles. The summed E-state index contributed by atoms with van der Waals surface area (Å²) >= 11 is 5.13. The quantitative estimate of drug-likeness (QED) is 0.759. The Bertz CT molecular complexity index is 522. The van der Waals surface area contributed by atoms with Gasteiger partial charge in [0.1, 0.15) is 10.0 Å². The van der Waals surface area contributed by atoms with Crippen LogP contribution in [0.2, 0.25) is 0 Å². The van der Waals surface area contributed by atoms with Crippen molar-refractivity contribution in [3.8, 4) is 10.6 Å². The largest absolute Gasteiger partial charge is 0.316 e. The molecule has 5 heteroatoms. The average Bonchev–Trinajstić information content (AvgIpc) is 2.87. The van der Waals surface area contributed by atoms with Crippen molar-refractivity contribution < 1.29 is 0 Å². The maximum absolute atomic E-state index is 4.28. The van der Waals surface area contributed by atoms with Crippen LogP contribution in [0.1, 0.15) is 25.3 Å². The van der Waals surface area contributed by atoms with Gasteiger partial charge in [0, 0.05) is 16.5 Å². The zero-order valence-electron chi connectivity index (χ0n) is 11.9. The summed E-state index contributed by atoms with van der Waals surface area (Å²) in [5, 5.41) is 14.1. The number of hydrogen-bond acceptors (Lipinski definition) is 4. The summed E-state index contributed by atoms with van der Waals surface area (Å²) in [6.45, 7) is 6.58. The minimum atomic E-state index is 0.709. The van der Waals surface area contributed by atoms with E-state index in [-0.39, 0.29) is 0 Å². The van der Waals surface area contributed by atoms with Crippen LogP contribution < -0.4 is 5.32 Å². The summed E-state index contributed by atoms with van der Waals surface area (Å²) in [5.41, 5.74) is 1.13. The van der Waals surface area contributed by atoms with Crippen LogP contribution in [0.3, 0.4) is 0 Å². The van der Waals surface area contributed by atoms with Gasteiger partial charge in [0.25, 0.3) is 0 Å². The summed E-state index contributed by atoms with van der Waals surface area (Å²) in [7, 11) is 0. The summed E-state index contributed by atoms with van der Waals surface area (Å²) in [6.07, 6.45) is 2.11. The van der Waals surface area contributed by atoms with E-state index in [0.29, 0.717) is 5.92 Å². The smallest absolute Gasteiger partial charge is 0.147 e. The van der Waals surface area contributed by atoms with Gasteiger partial charge >= 0.3 is 0 Å². The standard InChI is InChI=1S/C15H20BrN3S/c1-11(2)10-17-9-3-4-14-18-19-15(20-14)12-5-7-13(16)8-6-12/h5-8,11,17H,3-4,9-10H2,1-2H3. The van der Waals surface area contributed by atoms with E-state index >= 15 is 0 Å². The van der Waals surface area contributed by atoms with Gasteiger partial charge in [0.2, 0.25) is 0 Å². The number of hydrogen-bond donors (Lipinski definition) is 1. The Morgan fingerprint density at radius 1 is 1.20 bits per heavy atom. The fourth-order valence-corrected chi connectivity index (χ4v) is 2.97. The van der Waals surface area contributed by atoms with Gasteiger partial charge in [-0.1, -0.05) is 53.2 Å². The molecule has 0 amide bonds. The molecule has 0 unspecified atom stereocenters. The fraction of sp³-hybridized carbons (Fsp3) is 0.467. The second-order valence-electron chi connectivity index (χ2n) is 5.21.